The van der Waals surface area contributed by atoms with E-state index in [1.807, 2.05) is 19.9 Å². The van der Waals surface area contributed by atoms with Gasteiger partial charge in [0.15, 0.2) is 0 Å². The molecule has 0 spiro atoms. The van der Waals surface area contributed by atoms with Crippen molar-refractivity contribution in [3.05, 3.63) is 21.3 Å². The molecule has 4 heteroatoms. The lowest BCUT2D eigenvalue weighted by Crippen LogP contribution is -1.97. The van der Waals surface area contributed by atoms with Crippen molar-refractivity contribution in [1.29, 1.82) is 0 Å². The molecular weight excluding hydrogens is 253 g/mol. The van der Waals surface area contributed by atoms with Crippen molar-refractivity contribution in [3.8, 4) is 0 Å². The monoisotopic (exact) mass is 265 g/mol. The fraction of sp³-hybridized carbons (Fsp3) is 0.444. The Labute approximate surface area is 92.1 Å². The van der Waals surface area contributed by atoms with Crippen LogP contribution in [-0.4, -0.2) is 17.4 Å². The molecule has 0 aliphatic carbocycles. The predicted octanol–water partition coefficient (Wildman–Crippen LogP) is 3.77. The molecule has 0 aliphatic rings. The van der Waals surface area contributed by atoms with Crippen molar-refractivity contribution >= 4 is 33.7 Å². The Kier molecular flexibility index (Phi) is 6.08. The first-order valence-electron chi connectivity index (χ1n) is 3.89. The normalized spacial score (nSPS) is 17.5. The highest BCUT2D eigenvalue weighted by atomic mass is 79.9. The van der Waals surface area contributed by atoms with Crippen molar-refractivity contribution in [2.75, 3.05) is 0 Å². The third kappa shape index (κ3) is 5.11. The quantitative estimate of drug-likeness (QED) is 0.612. The lowest BCUT2D eigenvalue weighted by Gasteiger charge is -2.03. The molecule has 2 nitrogen and oxygen atoms in total. The second kappa shape index (κ2) is 6.22. The molecule has 13 heavy (non-hydrogen) atoms. The molecular formula is C9H13BrClNO. The number of aliphatic hydroxyl groups excluding tert-OH is 1. The molecule has 0 aromatic heterocycles. The summed E-state index contributed by atoms with van der Waals surface area (Å²) >= 11 is 9.01. The Bertz CT molecular complexity index is 254. The molecule has 74 valence electrons. The zero-order chi connectivity index (χ0) is 10.4. The molecule has 0 bridgehead atoms. The summed E-state index contributed by atoms with van der Waals surface area (Å²) < 4.78 is 0.990. The van der Waals surface area contributed by atoms with Crippen molar-refractivity contribution < 1.29 is 5.11 Å². The van der Waals surface area contributed by atoms with Gasteiger partial charge in [-0.25, -0.2) is 0 Å². The van der Waals surface area contributed by atoms with Crippen LogP contribution in [0.2, 0.25) is 0 Å². The van der Waals surface area contributed by atoms with Crippen LogP contribution < -0.4 is 0 Å². The fourth-order valence-electron chi connectivity index (χ4n) is 0.583. The molecule has 0 radical (unpaired) electrons. The molecule has 1 N–H and O–H groups in total. The highest BCUT2D eigenvalue weighted by Gasteiger charge is 2.01. The maximum atomic E-state index is 8.96. The molecule has 0 saturated carbocycles. The highest BCUT2D eigenvalue weighted by Crippen LogP contribution is 2.14. The average molecular weight is 267 g/mol. The standard InChI is InChI=1S/C9H13BrClNO/c1-4-8(10)6(2)12-5-9(11)7(3)13/h4-6,13H,1-3H3/b8-4-,9-7-,12-5-. The first-order valence-corrected chi connectivity index (χ1v) is 5.06. The Morgan fingerprint density at radius 3 is 2.54 bits per heavy atom. The number of halogens is 2. The minimum Gasteiger partial charge on any atom is -0.511 e. The van der Waals surface area contributed by atoms with E-state index < -0.39 is 0 Å². The zero-order valence-electron chi connectivity index (χ0n) is 7.88. The molecule has 1 atom stereocenters. The molecule has 0 saturated heterocycles. The van der Waals surface area contributed by atoms with Crippen LogP contribution in [0.1, 0.15) is 20.8 Å². The van der Waals surface area contributed by atoms with Crippen LogP contribution in [0, 0.1) is 0 Å². The van der Waals surface area contributed by atoms with E-state index in [9.17, 15) is 0 Å². The summed E-state index contributed by atoms with van der Waals surface area (Å²) in [6.07, 6.45) is 3.37. The van der Waals surface area contributed by atoms with Gasteiger partial charge < -0.3 is 5.11 Å². The molecule has 1 unspecified atom stereocenters. The Morgan fingerprint density at radius 2 is 2.15 bits per heavy atom. The summed E-state index contributed by atoms with van der Waals surface area (Å²) in [6, 6.07) is 0.0260. The zero-order valence-corrected chi connectivity index (χ0v) is 10.2. The highest BCUT2D eigenvalue weighted by molar-refractivity contribution is 9.11. The summed E-state index contributed by atoms with van der Waals surface area (Å²) in [6.45, 7) is 5.37. The van der Waals surface area contributed by atoms with Gasteiger partial charge in [-0.05, 0) is 20.8 Å². The summed E-state index contributed by atoms with van der Waals surface area (Å²) in [5.41, 5.74) is 0. The number of rotatable bonds is 3. The second-order valence-corrected chi connectivity index (χ2v) is 3.88. The van der Waals surface area contributed by atoms with Crippen LogP contribution in [0.3, 0.4) is 0 Å². The van der Waals surface area contributed by atoms with Gasteiger partial charge in [0.25, 0.3) is 0 Å². The summed E-state index contributed by atoms with van der Waals surface area (Å²) in [5.74, 6) is 0.0780. The molecule has 0 aromatic carbocycles. The lowest BCUT2D eigenvalue weighted by atomic mass is 10.3. The smallest absolute Gasteiger partial charge is 0.109 e. The van der Waals surface area contributed by atoms with Gasteiger partial charge in [0, 0.05) is 10.7 Å². The Morgan fingerprint density at radius 1 is 1.62 bits per heavy atom. The average Bonchev–Trinajstić information content (AvgIpc) is 2.11. The van der Waals surface area contributed by atoms with Crippen molar-refractivity contribution in [2.45, 2.75) is 26.8 Å². The van der Waals surface area contributed by atoms with E-state index in [-0.39, 0.29) is 16.8 Å². The van der Waals surface area contributed by atoms with Crippen LogP contribution in [0.15, 0.2) is 26.3 Å². The van der Waals surface area contributed by atoms with E-state index in [4.69, 9.17) is 16.7 Å². The maximum Gasteiger partial charge on any atom is 0.109 e. The van der Waals surface area contributed by atoms with Crippen LogP contribution in [-0.2, 0) is 0 Å². The van der Waals surface area contributed by atoms with Gasteiger partial charge in [-0.3, -0.25) is 4.99 Å². The largest absolute Gasteiger partial charge is 0.511 e. The van der Waals surface area contributed by atoms with Crippen LogP contribution >= 0.6 is 27.5 Å². The van der Waals surface area contributed by atoms with Crippen LogP contribution in [0.25, 0.3) is 0 Å². The van der Waals surface area contributed by atoms with Crippen LogP contribution in [0.5, 0.6) is 0 Å². The molecule has 0 heterocycles. The summed E-state index contributed by atoms with van der Waals surface area (Å²) in [7, 11) is 0. The van der Waals surface area contributed by atoms with Crippen molar-refractivity contribution in [1.82, 2.24) is 0 Å². The number of hydrogen-bond acceptors (Lipinski definition) is 2. The lowest BCUT2D eigenvalue weighted by molar-refractivity contribution is 0.414. The van der Waals surface area contributed by atoms with Gasteiger partial charge in [0.1, 0.15) is 5.76 Å². The molecule has 0 amide bonds. The van der Waals surface area contributed by atoms with E-state index in [1.165, 1.54) is 13.1 Å². The molecule has 0 aromatic rings. The number of aliphatic imine (C=N–C) groups is 1. The fourth-order valence-corrected chi connectivity index (χ4v) is 0.758. The Balaban J connectivity index is 4.38. The third-order valence-electron chi connectivity index (χ3n) is 1.43. The first-order chi connectivity index (χ1) is 5.99. The molecule has 0 aliphatic heterocycles. The van der Waals surface area contributed by atoms with Gasteiger partial charge in [-0.1, -0.05) is 33.6 Å². The third-order valence-corrected chi connectivity index (χ3v) is 2.92. The van der Waals surface area contributed by atoms with E-state index >= 15 is 0 Å². The molecule has 0 fully saturated rings. The topological polar surface area (TPSA) is 32.6 Å². The summed E-state index contributed by atoms with van der Waals surface area (Å²) in [5, 5.41) is 9.23. The van der Waals surface area contributed by atoms with Gasteiger partial charge in [-0.2, -0.15) is 0 Å². The maximum absolute atomic E-state index is 8.96. The van der Waals surface area contributed by atoms with Gasteiger partial charge in [0.05, 0.1) is 11.1 Å². The minimum atomic E-state index is 0.0260. The van der Waals surface area contributed by atoms with Crippen LogP contribution in [0.4, 0.5) is 0 Å². The SMILES string of the molecule is C/C=C(\Br)C(C)/N=C\C(Cl)=C(/C)O. The first kappa shape index (κ1) is 12.7. The second-order valence-electron chi connectivity index (χ2n) is 2.56. The van der Waals surface area contributed by atoms with Gasteiger partial charge >= 0.3 is 0 Å². The van der Waals surface area contributed by atoms with E-state index in [0.29, 0.717) is 0 Å². The Hall–Kier alpha value is -0.280. The van der Waals surface area contributed by atoms with Gasteiger partial charge in [0.2, 0.25) is 0 Å². The number of nitrogens with zero attached hydrogens (tertiary/aromatic N) is 1. The summed E-state index contributed by atoms with van der Waals surface area (Å²) in [4.78, 5) is 4.13. The van der Waals surface area contributed by atoms with Gasteiger partial charge in [-0.15, -0.1) is 0 Å². The van der Waals surface area contributed by atoms with E-state index in [1.54, 1.807) is 0 Å². The predicted molar refractivity (Wildman–Crippen MR) is 61.8 cm³/mol. The molecule has 0 rings (SSSR count). The number of allylic oxidation sites excluding steroid dienone is 3. The number of aliphatic hydroxyl groups is 1. The van der Waals surface area contributed by atoms with Crippen molar-refractivity contribution in [3.63, 3.8) is 0 Å². The van der Waals surface area contributed by atoms with E-state index in [2.05, 4.69) is 20.9 Å². The van der Waals surface area contributed by atoms with Crippen molar-refractivity contribution in [2.24, 2.45) is 4.99 Å². The number of hydrogen-bond donors (Lipinski definition) is 1. The minimum absolute atomic E-state index is 0.0260. The van der Waals surface area contributed by atoms with E-state index in [0.717, 1.165) is 4.48 Å².